The fourth-order valence-corrected chi connectivity index (χ4v) is 2.51. The van der Waals surface area contributed by atoms with Gasteiger partial charge in [0.25, 0.3) is 0 Å². The van der Waals surface area contributed by atoms with Crippen LogP contribution in [0.3, 0.4) is 0 Å². The van der Waals surface area contributed by atoms with Crippen LogP contribution in [-0.4, -0.2) is 23.2 Å². The third-order valence-corrected chi connectivity index (χ3v) is 3.34. The van der Waals surface area contributed by atoms with Crippen LogP contribution in [0.1, 0.15) is 4.88 Å². The van der Waals surface area contributed by atoms with Gasteiger partial charge in [-0.15, -0.1) is 11.3 Å². The van der Waals surface area contributed by atoms with Crippen molar-refractivity contribution < 1.29 is 19.0 Å². The SMILES string of the molecule is COc1ccc(-c2nc(N)sc2CC(=O)O)cc1F. The molecule has 100 valence electrons. The number of anilines is 1. The first-order valence-electron chi connectivity index (χ1n) is 5.32. The van der Waals surface area contributed by atoms with Crippen LogP contribution < -0.4 is 10.5 Å². The lowest BCUT2D eigenvalue weighted by Crippen LogP contribution is -1.99. The Balaban J connectivity index is 2.46. The first kappa shape index (κ1) is 13.3. The molecule has 2 aromatic rings. The minimum absolute atomic E-state index is 0.117. The Bertz CT molecular complexity index is 627. The van der Waals surface area contributed by atoms with E-state index in [4.69, 9.17) is 15.6 Å². The summed E-state index contributed by atoms with van der Waals surface area (Å²) in [6, 6.07) is 4.32. The fourth-order valence-electron chi connectivity index (χ4n) is 1.67. The number of nitrogens with two attached hydrogens (primary N) is 1. The molecular weight excluding hydrogens is 271 g/mol. The molecule has 0 spiro atoms. The van der Waals surface area contributed by atoms with Gasteiger partial charge in [-0.2, -0.15) is 0 Å². The third-order valence-electron chi connectivity index (χ3n) is 2.45. The number of aliphatic carboxylic acids is 1. The molecular formula is C12H11FN2O3S. The van der Waals surface area contributed by atoms with Gasteiger partial charge >= 0.3 is 5.97 Å². The molecule has 0 saturated carbocycles. The van der Waals surface area contributed by atoms with Crippen LogP contribution in [0, 0.1) is 5.82 Å². The lowest BCUT2D eigenvalue weighted by atomic mass is 10.1. The predicted molar refractivity (Wildman–Crippen MR) is 69.8 cm³/mol. The maximum absolute atomic E-state index is 13.6. The second kappa shape index (κ2) is 5.23. The molecule has 0 unspecified atom stereocenters. The highest BCUT2D eigenvalue weighted by atomic mass is 32.1. The number of rotatable bonds is 4. The minimum Gasteiger partial charge on any atom is -0.494 e. The van der Waals surface area contributed by atoms with Gasteiger partial charge in [-0.1, -0.05) is 0 Å². The Labute approximate surface area is 112 Å². The number of hydrogen-bond donors (Lipinski definition) is 2. The summed E-state index contributed by atoms with van der Waals surface area (Å²) in [5.74, 6) is -1.40. The summed E-state index contributed by atoms with van der Waals surface area (Å²) in [6.07, 6.45) is -0.197. The van der Waals surface area contributed by atoms with Crippen LogP contribution in [-0.2, 0) is 11.2 Å². The van der Waals surface area contributed by atoms with E-state index in [2.05, 4.69) is 4.98 Å². The smallest absolute Gasteiger partial charge is 0.308 e. The molecule has 2 rings (SSSR count). The quantitative estimate of drug-likeness (QED) is 0.897. The lowest BCUT2D eigenvalue weighted by Gasteiger charge is -2.04. The van der Waals surface area contributed by atoms with Crippen molar-refractivity contribution in [2.75, 3.05) is 12.8 Å². The highest BCUT2D eigenvalue weighted by molar-refractivity contribution is 7.15. The molecule has 19 heavy (non-hydrogen) atoms. The molecule has 1 aromatic heterocycles. The zero-order valence-electron chi connectivity index (χ0n) is 10.0. The molecule has 3 N–H and O–H groups in total. The number of nitrogen functional groups attached to an aromatic ring is 1. The van der Waals surface area contributed by atoms with Crippen LogP contribution in [0.5, 0.6) is 5.75 Å². The molecule has 0 atom stereocenters. The van der Waals surface area contributed by atoms with Gasteiger partial charge in [0.05, 0.1) is 19.2 Å². The molecule has 1 aromatic carbocycles. The van der Waals surface area contributed by atoms with Crippen molar-refractivity contribution in [1.29, 1.82) is 0 Å². The monoisotopic (exact) mass is 282 g/mol. The molecule has 0 saturated heterocycles. The first-order chi connectivity index (χ1) is 9.01. The van der Waals surface area contributed by atoms with Crippen LogP contribution in [0.2, 0.25) is 0 Å². The van der Waals surface area contributed by atoms with Crippen molar-refractivity contribution in [1.82, 2.24) is 4.98 Å². The van der Waals surface area contributed by atoms with Gasteiger partial charge in [-0.25, -0.2) is 9.37 Å². The summed E-state index contributed by atoms with van der Waals surface area (Å²) < 4.78 is 18.5. The second-order valence-electron chi connectivity index (χ2n) is 3.74. The minimum atomic E-state index is -0.987. The normalized spacial score (nSPS) is 10.4. The summed E-state index contributed by atoms with van der Waals surface area (Å²) in [4.78, 5) is 15.3. The van der Waals surface area contributed by atoms with Crippen LogP contribution >= 0.6 is 11.3 Å². The van der Waals surface area contributed by atoms with Gasteiger partial charge in [0.2, 0.25) is 0 Å². The molecule has 0 aliphatic rings. The molecule has 1 heterocycles. The van der Waals surface area contributed by atoms with E-state index in [-0.39, 0.29) is 17.3 Å². The summed E-state index contributed by atoms with van der Waals surface area (Å²) in [5, 5.41) is 9.08. The average molecular weight is 282 g/mol. The Morgan fingerprint density at radius 1 is 1.58 bits per heavy atom. The molecule has 0 radical (unpaired) electrons. The van der Waals surface area contributed by atoms with Crippen molar-refractivity contribution in [3.05, 3.63) is 28.9 Å². The number of ether oxygens (including phenoxy) is 1. The largest absolute Gasteiger partial charge is 0.494 e. The maximum atomic E-state index is 13.6. The molecule has 0 aliphatic heterocycles. The Hall–Kier alpha value is -2.15. The number of thiazole rings is 1. The van der Waals surface area contributed by atoms with Crippen molar-refractivity contribution in [3.8, 4) is 17.0 Å². The van der Waals surface area contributed by atoms with Gasteiger partial charge < -0.3 is 15.6 Å². The molecule has 0 bridgehead atoms. The number of methoxy groups -OCH3 is 1. The first-order valence-corrected chi connectivity index (χ1v) is 6.13. The lowest BCUT2D eigenvalue weighted by molar-refractivity contribution is -0.136. The highest BCUT2D eigenvalue weighted by Gasteiger charge is 2.16. The molecule has 0 fully saturated rings. The Morgan fingerprint density at radius 2 is 2.32 bits per heavy atom. The molecule has 0 aliphatic carbocycles. The van der Waals surface area contributed by atoms with E-state index in [9.17, 15) is 9.18 Å². The molecule has 5 nitrogen and oxygen atoms in total. The van der Waals surface area contributed by atoms with Gasteiger partial charge in [-0.3, -0.25) is 4.79 Å². The second-order valence-corrected chi connectivity index (χ2v) is 4.86. The molecule has 0 amide bonds. The Morgan fingerprint density at radius 3 is 2.89 bits per heavy atom. The Kier molecular flexibility index (Phi) is 3.66. The number of nitrogens with zero attached hydrogens (tertiary/aromatic N) is 1. The summed E-state index contributed by atoms with van der Waals surface area (Å²) in [6.45, 7) is 0. The van der Waals surface area contributed by atoms with Gasteiger partial charge in [0.1, 0.15) is 0 Å². The van der Waals surface area contributed by atoms with E-state index in [0.29, 0.717) is 16.1 Å². The zero-order valence-corrected chi connectivity index (χ0v) is 10.8. The fraction of sp³-hybridized carbons (Fsp3) is 0.167. The van der Waals surface area contributed by atoms with Crippen molar-refractivity contribution in [2.24, 2.45) is 0 Å². The molecule has 7 heteroatoms. The predicted octanol–water partition coefficient (Wildman–Crippen LogP) is 2.17. The van der Waals surface area contributed by atoms with Gasteiger partial charge in [0, 0.05) is 10.4 Å². The van der Waals surface area contributed by atoms with E-state index in [1.807, 2.05) is 0 Å². The number of carbonyl (C=O) groups is 1. The third kappa shape index (κ3) is 2.82. The highest BCUT2D eigenvalue weighted by Crippen LogP contribution is 2.32. The van der Waals surface area contributed by atoms with Gasteiger partial charge in [0.15, 0.2) is 16.7 Å². The van der Waals surface area contributed by atoms with Crippen LogP contribution in [0.15, 0.2) is 18.2 Å². The zero-order chi connectivity index (χ0) is 14.0. The van der Waals surface area contributed by atoms with Crippen LogP contribution in [0.25, 0.3) is 11.3 Å². The summed E-state index contributed by atoms with van der Waals surface area (Å²) >= 11 is 1.09. The maximum Gasteiger partial charge on any atom is 0.308 e. The average Bonchev–Trinajstić information content (AvgIpc) is 2.69. The number of benzene rings is 1. The number of carboxylic acid groups (broad SMARTS) is 1. The summed E-state index contributed by atoms with van der Waals surface area (Å²) in [7, 11) is 1.37. The number of hydrogen-bond acceptors (Lipinski definition) is 5. The van der Waals surface area contributed by atoms with Crippen LogP contribution in [0.4, 0.5) is 9.52 Å². The van der Waals surface area contributed by atoms with E-state index in [1.54, 1.807) is 6.07 Å². The number of carboxylic acids is 1. The van der Waals surface area contributed by atoms with Crippen molar-refractivity contribution in [2.45, 2.75) is 6.42 Å². The van der Waals surface area contributed by atoms with Crippen molar-refractivity contribution in [3.63, 3.8) is 0 Å². The van der Waals surface area contributed by atoms with E-state index in [0.717, 1.165) is 11.3 Å². The topological polar surface area (TPSA) is 85.4 Å². The van der Waals surface area contributed by atoms with Crippen molar-refractivity contribution >= 4 is 22.4 Å². The summed E-state index contributed by atoms with van der Waals surface area (Å²) in [5.41, 5.74) is 6.45. The number of halogens is 1. The number of aromatic nitrogens is 1. The van der Waals surface area contributed by atoms with E-state index < -0.39 is 11.8 Å². The van der Waals surface area contributed by atoms with E-state index >= 15 is 0 Å². The standard InChI is InChI=1S/C12H11FN2O3S/c1-18-8-3-2-6(4-7(8)13)11-9(5-10(16)17)19-12(14)15-11/h2-4H,5H2,1H3,(H2,14,15)(H,16,17). The van der Waals surface area contributed by atoms with E-state index in [1.165, 1.54) is 19.2 Å². The van der Waals surface area contributed by atoms with Gasteiger partial charge in [-0.05, 0) is 18.2 Å².